The van der Waals surface area contributed by atoms with Gasteiger partial charge in [-0.15, -0.1) is 0 Å². The molecule has 0 saturated carbocycles. The zero-order chi connectivity index (χ0) is 14.0. The number of halogens is 2. The van der Waals surface area contributed by atoms with E-state index < -0.39 is 0 Å². The first kappa shape index (κ1) is 13.9. The lowest BCUT2D eigenvalue weighted by Gasteiger charge is -2.09. The van der Waals surface area contributed by atoms with Gasteiger partial charge in [0.25, 0.3) is 5.91 Å². The number of benzene rings is 2. The summed E-state index contributed by atoms with van der Waals surface area (Å²) < 4.78 is 0.681. The summed E-state index contributed by atoms with van der Waals surface area (Å²) in [6.45, 7) is 1.84. The average Bonchev–Trinajstić information content (AvgIpc) is 2.32. The summed E-state index contributed by atoms with van der Waals surface area (Å²) in [5, 5.41) is 13.0. The molecular weight excluding hydrogens is 330 g/mol. The van der Waals surface area contributed by atoms with Gasteiger partial charge < -0.3 is 10.4 Å². The van der Waals surface area contributed by atoms with Crippen LogP contribution in [0.4, 0.5) is 5.69 Å². The van der Waals surface area contributed by atoms with Gasteiger partial charge in [0, 0.05) is 9.50 Å². The third-order valence-electron chi connectivity index (χ3n) is 2.58. The quantitative estimate of drug-likeness (QED) is 0.853. The molecular formula is C14H11BrClNO2. The molecule has 0 aromatic heterocycles. The largest absolute Gasteiger partial charge is 0.507 e. The summed E-state index contributed by atoms with van der Waals surface area (Å²) in [6.07, 6.45) is 0. The summed E-state index contributed by atoms with van der Waals surface area (Å²) in [4.78, 5) is 12.1. The summed E-state index contributed by atoms with van der Waals surface area (Å²) in [6, 6.07) is 9.96. The zero-order valence-corrected chi connectivity index (χ0v) is 12.4. The van der Waals surface area contributed by atoms with Crippen molar-refractivity contribution in [1.29, 1.82) is 0 Å². The van der Waals surface area contributed by atoms with Crippen LogP contribution in [0.15, 0.2) is 40.9 Å². The SMILES string of the molecule is Cc1ccc(C(=O)Nc2ccc(Cl)cc2Br)c(O)c1. The summed E-state index contributed by atoms with van der Waals surface area (Å²) in [5.74, 6) is -0.414. The van der Waals surface area contributed by atoms with Gasteiger partial charge in [-0.2, -0.15) is 0 Å². The van der Waals surface area contributed by atoms with E-state index in [0.29, 0.717) is 15.2 Å². The van der Waals surface area contributed by atoms with Crippen molar-refractivity contribution in [2.24, 2.45) is 0 Å². The highest BCUT2D eigenvalue weighted by atomic mass is 79.9. The Labute approximate surface area is 124 Å². The minimum absolute atomic E-state index is 0.0393. The van der Waals surface area contributed by atoms with Crippen molar-refractivity contribution in [2.75, 3.05) is 5.32 Å². The fourth-order valence-electron chi connectivity index (χ4n) is 1.61. The number of hydrogen-bond donors (Lipinski definition) is 2. The smallest absolute Gasteiger partial charge is 0.259 e. The maximum Gasteiger partial charge on any atom is 0.259 e. The number of anilines is 1. The Morgan fingerprint density at radius 2 is 2.00 bits per heavy atom. The van der Waals surface area contributed by atoms with Crippen molar-refractivity contribution in [1.82, 2.24) is 0 Å². The average molecular weight is 341 g/mol. The molecule has 0 aliphatic heterocycles. The molecule has 2 aromatic carbocycles. The number of aromatic hydroxyl groups is 1. The molecule has 0 spiro atoms. The first-order valence-electron chi connectivity index (χ1n) is 5.53. The van der Waals surface area contributed by atoms with E-state index in [1.54, 1.807) is 36.4 Å². The molecule has 1 amide bonds. The van der Waals surface area contributed by atoms with E-state index in [1.165, 1.54) is 0 Å². The topological polar surface area (TPSA) is 49.3 Å². The van der Waals surface area contributed by atoms with Gasteiger partial charge in [0.1, 0.15) is 5.75 Å². The van der Waals surface area contributed by atoms with Gasteiger partial charge in [0.2, 0.25) is 0 Å². The van der Waals surface area contributed by atoms with Crippen LogP contribution in [0.3, 0.4) is 0 Å². The molecule has 98 valence electrons. The van der Waals surface area contributed by atoms with E-state index in [-0.39, 0.29) is 17.2 Å². The van der Waals surface area contributed by atoms with E-state index in [1.807, 2.05) is 6.92 Å². The maximum atomic E-state index is 12.1. The Bertz CT molecular complexity index is 643. The van der Waals surface area contributed by atoms with Gasteiger partial charge in [-0.25, -0.2) is 0 Å². The van der Waals surface area contributed by atoms with Crippen LogP contribution < -0.4 is 5.32 Å². The lowest BCUT2D eigenvalue weighted by Crippen LogP contribution is -2.12. The van der Waals surface area contributed by atoms with Crippen molar-refractivity contribution in [3.63, 3.8) is 0 Å². The number of nitrogens with one attached hydrogen (secondary N) is 1. The van der Waals surface area contributed by atoms with Crippen LogP contribution in [0, 0.1) is 6.92 Å². The number of rotatable bonds is 2. The van der Waals surface area contributed by atoms with Crippen LogP contribution in [0.1, 0.15) is 15.9 Å². The predicted molar refractivity (Wildman–Crippen MR) is 79.9 cm³/mol. The molecule has 5 heteroatoms. The van der Waals surface area contributed by atoms with Crippen molar-refractivity contribution >= 4 is 39.1 Å². The molecule has 0 bridgehead atoms. The van der Waals surface area contributed by atoms with Crippen LogP contribution >= 0.6 is 27.5 Å². The van der Waals surface area contributed by atoms with Crippen LogP contribution in [0.5, 0.6) is 5.75 Å². The summed E-state index contributed by atoms with van der Waals surface area (Å²) >= 11 is 9.15. The number of phenols is 1. The molecule has 0 heterocycles. The van der Waals surface area contributed by atoms with Crippen LogP contribution in [-0.2, 0) is 0 Å². The second kappa shape index (κ2) is 5.63. The normalized spacial score (nSPS) is 10.3. The summed E-state index contributed by atoms with van der Waals surface area (Å²) in [5.41, 5.74) is 1.71. The zero-order valence-electron chi connectivity index (χ0n) is 10.1. The Morgan fingerprint density at radius 3 is 2.63 bits per heavy atom. The minimum Gasteiger partial charge on any atom is -0.507 e. The van der Waals surface area contributed by atoms with Crippen molar-refractivity contribution < 1.29 is 9.90 Å². The van der Waals surface area contributed by atoms with Crippen molar-refractivity contribution in [3.05, 3.63) is 57.0 Å². The predicted octanol–water partition coefficient (Wildman–Crippen LogP) is 4.37. The molecule has 0 aliphatic carbocycles. The van der Waals surface area contributed by atoms with Crippen LogP contribution in [-0.4, -0.2) is 11.0 Å². The van der Waals surface area contributed by atoms with Crippen LogP contribution in [0.2, 0.25) is 5.02 Å². The highest BCUT2D eigenvalue weighted by Crippen LogP contribution is 2.27. The molecule has 2 N–H and O–H groups in total. The lowest BCUT2D eigenvalue weighted by molar-refractivity contribution is 0.102. The second-order valence-electron chi connectivity index (χ2n) is 4.10. The number of carbonyl (C=O) groups excluding carboxylic acids is 1. The van der Waals surface area contributed by atoms with Crippen LogP contribution in [0.25, 0.3) is 0 Å². The molecule has 3 nitrogen and oxygen atoms in total. The van der Waals surface area contributed by atoms with Gasteiger partial charge in [0.15, 0.2) is 0 Å². The Kier molecular flexibility index (Phi) is 4.12. The highest BCUT2D eigenvalue weighted by molar-refractivity contribution is 9.10. The second-order valence-corrected chi connectivity index (χ2v) is 5.39. The molecule has 0 radical (unpaired) electrons. The molecule has 2 aromatic rings. The van der Waals surface area contributed by atoms with E-state index in [0.717, 1.165) is 5.56 Å². The Balaban J connectivity index is 2.25. The van der Waals surface area contributed by atoms with Gasteiger partial charge in [0.05, 0.1) is 11.3 Å². The number of hydrogen-bond acceptors (Lipinski definition) is 2. The molecule has 2 rings (SSSR count). The summed E-state index contributed by atoms with van der Waals surface area (Å²) in [7, 11) is 0. The number of carbonyl (C=O) groups is 1. The fourth-order valence-corrected chi connectivity index (χ4v) is 2.40. The van der Waals surface area contributed by atoms with Gasteiger partial charge >= 0.3 is 0 Å². The molecule has 0 saturated heterocycles. The van der Waals surface area contributed by atoms with Crippen molar-refractivity contribution in [2.45, 2.75) is 6.92 Å². The van der Waals surface area contributed by atoms with Gasteiger partial charge in [-0.05, 0) is 58.7 Å². The Hall–Kier alpha value is -1.52. The first-order chi connectivity index (χ1) is 8.97. The number of phenolic OH excluding ortho intramolecular Hbond substituents is 1. The van der Waals surface area contributed by atoms with E-state index in [4.69, 9.17) is 11.6 Å². The third kappa shape index (κ3) is 3.28. The molecule has 19 heavy (non-hydrogen) atoms. The number of amides is 1. The number of aryl methyl sites for hydroxylation is 1. The Morgan fingerprint density at radius 1 is 1.26 bits per heavy atom. The fraction of sp³-hybridized carbons (Fsp3) is 0.0714. The third-order valence-corrected chi connectivity index (χ3v) is 3.47. The maximum absolute atomic E-state index is 12.1. The monoisotopic (exact) mass is 339 g/mol. The van der Waals surface area contributed by atoms with Crippen molar-refractivity contribution in [3.8, 4) is 5.75 Å². The standard InChI is InChI=1S/C14H11BrClNO2/c1-8-2-4-10(13(18)6-8)14(19)17-12-5-3-9(16)7-11(12)15/h2-7,18H,1H3,(H,17,19). The first-order valence-corrected chi connectivity index (χ1v) is 6.70. The van der Waals surface area contributed by atoms with E-state index in [9.17, 15) is 9.90 Å². The van der Waals surface area contributed by atoms with Gasteiger partial charge in [-0.3, -0.25) is 4.79 Å². The molecule has 0 fully saturated rings. The lowest BCUT2D eigenvalue weighted by atomic mass is 10.1. The molecule has 0 atom stereocenters. The van der Waals surface area contributed by atoms with Gasteiger partial charge in [-0.1, -0.05) is 17.7 Å². The highest BCUT2D eigenvalue weighted by Gasteiger charge is 2.12. The minimum atomic E-state index is -0.375. The van der Waals surface area contributed by atoms with E-state index >= 15 is 0 Å². The molecule has 0 aliphatic rings. The van der Waals surface area contributed by atoms with E-state index in [2.05, 4.69) is 21.2 Å². The molecule has 0 unspecified atom stereocenters.